The van der Waals surface area contributed by atoms with Crippen LogP contribution in [0, 0.1) is 12.8 Å². The van der Waals surface area contributed by atoms with E-state index < -0.39 is 15.9 Å². The fourth-order valence-electron chi connectivity index (χ4n) is 4.17. The van der Waals surface area contributed by atoms with Crippen molar-refractivity contribution in [1.29, 1.82) is 0 Å². The molecule has 0 spiro atoms. The van der Waals surface area contributed by atoms with Crippen molar-refractivity contribution in [2.45, 2.75) is 19.4 Å². The fraction of sp³-hybridized carbons (Fsp3) is 0.316. The number of sulfone groups is 1. The molecule has 1 aromatic carbocycles. The molecule has 0 N–H and O–H groups in total. The van der Waals surface area contributed by atoms with Gasteiger partial charge in [-0.2, -0.15) is 0 Å². The Kier molecular flexibility index (Phi) is 3.76. The van der Waals surface area contributed by atoms with Gasteiger partial charge in [0.15, 0.2) is 9.84 Å². The van der Waals surface area contributed by atoms with E-state index in [-0.39, 0.29) is 35.3 Å². The molecule has 1 amide bonds. The highest BCUT2D eigenvalue weighted by atomic mass is 32.2. The molecule has 0 saturated carbocycles. The van der Waals surface area contributed by atoms with Gasteiger partial charge in [-0.15, -0.1) is 11.3 Å². The number of thiophene rings is 1. The van der Waals surface area contributed by atoms with Crippen LogP contribution in [0.3, 0.4) is 0 Å². The van der Waals surface area contributed by atoms with Gasteiger partial charge in [0.05, 0.1) is 22.9 Å². The van der Waals surface area contributed by atoms with Crippen LogP contribution in [0.25, 0.3) is 21.3 Å². The van der Waals surface area contributed by atoms with Gasteiger partial charge in [-0.25, -0.2) is 23.1 Å². The fourth-order valence-corrected chi connectivity index (χ4v) is 7.14. The van der Waals surface area contributed by atoms with Crippen molar-refractivity contribution in [3.05, 3.63) is 51.9 Å². The highest BCUT2D eigenvalue weighted by molar-refractivity contribution is 7.91. The summed E-state index contributed by atoms with van der Waals surface area (Å²) in [6.07, 6.45) is 1.48. The molecule has 4 heterocycles. The maximum absolute atomic E-state index is 13.3. The zero-order chi connectivity index (χ0) is 19.6. The lowest BCUT2D eigenvalue weighted by Gasteiger charge is -2.24. The predicted molar refractivity (Wildman–Crippen MR) is 108 cm³/mol. The minimum Gasteiger partial charge on any atom is -0.273 e. The number of nitrogens with zero attached hydrogens (tertiary/aromatic N) is 3. The molecule has 2 aromatic heterocycles. The van der Waals surface area contributed by atoms with E-state index in [1.807, 2.05) is 36.6 Å². The first-order valence-electron chi connectivity index (χ1n) is 8.93. The number of fused-ring (bicyclic) bond motifs is 2. The molecule has 2 fully saturated rings. The first kappa shape index (κ1) is 17.6. The molecule has 5 rings (SSSR count). The summed E-state index contributed by atoms with van der Waals surface area (Å²) in [6, 6.07) is 7.36. The summed E-state index contributed by atoms with van der Waals surface area (Å²) in [6.45, 7) is 2.00. The summed E-state index contributed by atoms with van der Waals surface area (Å²) in [5.41, 5.74) is 2.45. The van der Waals surface area contributed by atoms with E-state index in [4.69, 9.17) is 0 Å². The molecule has 0 unspecified atom stereocenters. The number of rotatable bonds is 2. The number of hydrogen-bond acceptors (Lipinski definition) is 6. The summed E-state index contributed by atoms with van der Waals surface area (Å²) in [7, 11) is -3.20. The lowest BCUT2D eigenvalue weighted by Crippen LogP contribution is -2.49. The third-order valence-corrected chi connectivity index (χ3v) is 8.19. The molecule has 2 saturated heterocycles. The molecule has 2 atom stereocenters. The van der Waals surface area contributed by atoms with Gasteiger partial charge >= 0.3 is 0 Å². The Morgan fingerprint density at radius 1 is 1.14 bits per heavy atom. The Bertz CT molecular complexity index is 1270. The van der Waals surface area contributed by atoms with Crippen molar-refractivity contribution in [2.24, 2.45) is 5.92 Å². The van der Waals surface area contributed by atoms with E-state index >= 15 is 0 Å². The monoisotopic (exact) mass is 415 g/mol. The minimum atomic E-state index is -3.20. The van der Waals surface area contributed by atoms with Crippen LogP contribution in [0.1, 0.15) is 12.0 Å². The number of aryl methyl sites for hydroxylation is 1. The third-order valence-electron chi connectivity index (χ3n) is 5.52. The Hall–Kier alpha value is -2.52. The zero-order valence-corrected chi connectivity index (χ0v) is 16.7. The number of amides is 1. The van der Waals surface area contributed by atoms with E-state index in [9.17, 15) is 18.0 Å². The molecular formula is C19H17N3O4S2. The number of hydrogen-bond donors (Lipinski definition) is 0. The van der Waals surface area contributed by atoms with Crippen LogP contribution in [0.2, 0.25) is 0 Å². The smallest absolute Gasteiger partial charge is 0.273 e. The molecule has 2 aliphatic rings. The molecule has 0 bridgehead atoms. The highest BCUT2D eigenvalue weighted by Gasteiger charge is 2.50. The Morgan fingerprint density at radius 3 is 2.64 bits per heavy atom. The van der Waals surface area contributed by atoms with Crippen LogP contribution in [0.4, 0.5) is 0 Å². The van der Waals surface area contributed by atoms with Gasteiger partial charge < -0.3 is 0 Å². The van der Waals surface area contributed by atoms with Gasteiger partial charge in [0.2, 0.25) is 5.91 Å². The van der Waals surface area contributed by atoms with Crippen molar-refractivity contribution in [3.8, 4) is 11.1 Å². The highest BCUT2D eigenvalue weighted by Crippen LogP contribution is 2.34. The molecular weight excluding hydrogens is 398 g/mol. The molecule has 7 nitrogen and oxygen atoms in total. The Balaban J connectivity index is 1.66. The van der Waals surface area contributed by atoms with Crippen LogP contribution in [-0.4, -0.2) is 41.5 Å². The molecule has 28 heavy (non-hydrogen) atoms. The summed E-state index contributed by atoms with van der Waals surface area (Å²) in [5.74, 6) is -0.612. The van der Waals surface area contributed by atoms with Gasteiger partial charge in [-0.1, -0.05) is 29.8 Å². The lowest BCUT2D eigenvalue weighted by molar-refractivity contribution is -0.118. The van der Waals surface area contributed by atoms with Crippen molar-refractivity contribution in [1.82, 2.24) is 9.66 Å². The zero-order valence-electron chi connectivity index (χ0n) is 15.0. The van der Waals surface area contributed by atoms with Crippen LogP contribution in [0.5, 0.6) is 0 Å². The molecule has 0 radical (unpaired) electrons. The lowest BCUT2D eigenvalue weighted by atomic mass is 10.1. The largest absolute Gasteiger partial charge is 0.281 e. The van der Waals surface area contributed by atoms with Gasteiger partial charge in [0.1, 0.15) is 11.2 Å². The van der Waals surface area contributed by atoms with E-state index in [2.05, 4.69) is 4.98 Å². The second kappa shape index (κ2) is 5.99. The number of benzene rings is 1. The second-order valence-electron chi connectivity index (χ2n) is 7.44. The van der Waals surface area contributed by atoms with Gasteiger partial charge in [-0.05, 0) is 12.5 Å². The summed E-state index contributed by atoms with van der Waals surface area (Å²) in [4.78, 5) is 30.9. The van der Waals surface area contributed by atoms with Crippen molar-refractivity contribution in [2.75, 3.05) is 16.5 Å². The molecule has 144 valence electrons. The van der Waals surface area contributed by atoms with Gasteiger partial charge in [0.25, 0.3) is 5.56 Å². The maximum atomic E-state index is 13.3. The maximum Gasteiger partial charge on any atom is 0.281 e. The van der Waals surface area contributed by atoms with Crippen molar-refractivity contribution < 1.29 is 13.2 Å². The van der Waals surface area contributed by atoms with Gasteiger partial charge in [-0.3, -0.25) is 9.59 Å². The van der Waals surface area contributed by atoms with Crippen molar-refractivity contribution >= 4 is 37.3 Å². The van der Waals surface area contributed by atoms with Crippen LogP contribution < -0.4 is 10.6 Å². The molecule has 0 aliphatic carbocycles. The van der Waals surface area contributed by atoms with E-state index in [0.717, 1.165) is 16.7 Å². The topological polar surface area (TPSA) is 89.3 Å². The SMILES string of the molecule is Cc1ccc(-c2csc3ncn(N4C(=O)C[C@@H]5CS(=O)(=O)C[C@@H]54)c(=O)c23)cc1. The van der Waals surface area contributed by atoms with Crippen molar-refractivity contribution in [3.63, 3.8) is 0 Å². The predicted octanol–water partition coefficient (Wildman–Crippen LogP) is 1.71. The minimum absolute atomic E-state index is 0.00258. The third kappa shape index (κ3) is 2.61. The van der Waals surface area contributed by atoms with E-state index in [1.54, 1.807) is 0 Å². The second-order valence-corrected chi connectivity index (χ2v) is 10.4. The normalized spacial score (nSPS) is 23.5. The van der Waals surface area contributed by atoms with Crippen LogP contribution in [0.15, 0.2) is 40.8 Å². The number of carbonyl (C=O) groups excluding carboxylic acids is 1. The van der Waals surface area contributed by atoms with Crippen LogP contribution in [-0.2, 0) is 14.6 Å². The number of carbonyl (C=O) groups is 1. The number of aromatic nitrogens is 2. The average molecular weight is 415 g/mol. The van der Waals surface area contributed by atoms with E-state index in [0.29, 0.717) is 10.2 Å². The summed E-state index contributed by atoms with van der Waals surface area (Å²) >= 11 is 1.37. The van der Waals surface area contributed by atoms with Gasteiger partial charge in [0, 0.05) is 23.3 Å². The van der Waals surface area contributed by atoms with Crippen LogP contribution >= 0.6 is 11.3 Å². The molecule has 3 aromatic rings. The average Bonchev–Trinajstić information content (AvgIpc) is 3.27. The first-order chi connectivity index (χ1) is 13.3. The Labute approximate surface area is 165 Å². The molecule has 2 aliphatic heterocycles. The Morgan fingerprint density at radius 2 is 1.89 bits per heavy atom. The summed E-state index contributed by atoms with van der Waals surface area (Å²) < 4.78 is 25.2. The standard InChI is InChI=1S/C19H17N3O4S2/c1-11-2-4-12(5-3-11)14-7-27-18-17(14)19(24)21(10-20-18)22-15-9-28(25,26)8-13(15)6-16(22)23/h2-5,7,10,13,15H,6,8-9H2,1H3/t13-,15+/m1/s1. The molecule has 9 heteroatoms. The van der Waals surface area contributed by atoms with E-state index in [1.165, 1.54) is 27.3 Å². The first-order valence-corrected chi connectivity index (χ1v) is 11.6. The summed E-state index contributed by atoms with van der Waals surface area (Å²) in [5, 5.41) is 3.65. The quantitative estimate of drug-likeness (QED) is 0.636.